The molecule has 1 aromatic heterocycles. The number of hydrogen-bond donors (Lipinski definition) is 1. The lowest BCUT2D eigenvalue weighted by atomic mass is 10.2. The normalized spacial score (nSPS) is 11.4. The standard InChI is InChI=1S/C17H32N4/c1-6-10-18-13-16-8-7-9-17(19-16)21(14-15(2)3)12-11-20(4)5/h7-9,15,18H,6,10-14H2,1-5H3. The van der Waals surface area contributed by atoms with E-state index in [9.17, 15) is 0 Å². The van der Waals surface area contributed by atoms with Gasteiger partial charge in [0, 0.05) is 26.2 Å². The Kier molecular flexibility index (Phi) is 8.31. The van der Waals surface area contributed by atoms with E-state index in [1.807, 2.05) is 0 Å². The topological polar surface area (TPSA) is 31.4 Å². The fourth-order valence-corrected chi connectivity index (χ4v) is 2.20. The molecule has 120 valence electrons. The van der Waals surface area contributed by atoms with E-state index in [-0.39, 0.29) is 0 Å². The zero-order valence-corrected chi connectivity index (χ0v) is 14.4. The lowest BCUT2D eigenvalue weighted by molar-refractivity contribution is 0.408. The van der Waals surface area contributed by atoms with Crippen LogP contribution in [0.25, 0.3) is 0 Å². The average Bonchev–Trinajstić information content (AvgIpc) is 2.43. The van der Waals surface area contributed by atoms with Gasteiger partial charge in [-0.3, -0.25) is 0 Å². The summed E-state index contributed by atoms with van der Waals surface area (Å²) in [6.45, 7) is 11.7. The third kappa shape index (κ3) is 7.44. The highest BCUT2D eigenvalue weighted by molar-refractivity contribution is 5.39. The van der Waals surface area contributed by atoms with E-state index < -0.39 is 0 Å². The maximum Gasteiger partial charge on any atom is 0.128 e. The van der Waals surface area contributed by atoms with Crippen molar-refractivity contribution in [2.24, 2.45) is 5.92 Å². The van der Waals surface area contributed by atoms with Crippen LogP contribution in [-0.2, 0) is 6.54 Å². The van der Waals surface area contributed by atoms with Crippen molar-refractivity contribution in [3.05, 3.63) is 23.9 Å². The highest BCUT2D eigenvalue weighted by Gasteiger charge is 2.10. The fourth-order valence-electron chi connectivity index (χ4n) is 2.20. The van der Waals surface area contributed by atoms with Gasteiger partial charge in [-0.2, -0.15) is 0 Å². The molecule has 0 amide bonds. The van der Waals surface area contributed by atoms with Crippen LogP contribution in [0.1, 0.15) is 32.9 Å². The van der Waals surface area contributed by atoms with Gasteiger partial charge in [-0.25, -0.2) is 4.98 Å². The lowest BCUT2D eigenvalue weighted by Crippen LogP contribution is -2.35. The van der Waals surface area contributed by atoms with Gasteiger partial charge in [-0.1, -0.05) is 26.8 Å². The summed E-state index contributed by atoms with van der Waals surface area (Å²) in [5.74, 6) is 1.73. The second kappa shape index (κ2) is 9.74. The summed E-state index contributed by atoms with van der Waals surface area (Å²) >= 11 is 0. The Hall–Kier alpha value is -1.13. The van der Waals surface area contributed by atoms with Crippen molar-refractivity contribution in [1.82, 2.24) is 15.2 Å². The molecular weight excluding hydrogens is 260 g/mol. The summed E-state index contributed by atoms with van der Waals surface area (Å²) in [6, 6.07) is 6.35. The predicted molar refractivity (Wildman–Crippen MR) is 91.8 cm³/mol. The molecule has 21 heavy (non-hydrogen) atoms. The number of anilines is 1. The lowest BCUT2D eigenvalue weighted by Gasteiger charge is -2.27. The largest absolute Gasteiger partial charge is 0.355 e. The third-order valence-electron chi connectivity index (χ3n) is 3.25. The quantitative estimate of drug-likeness (QED) is 0.672. The zero-order valence-electron chi connectivity index (χ0n) is 14.4. The smallest absolute Gasteiger partial charge is 0.128 e. The first-order chi connectivity index (χ1) is 10.0. The number of rotatable bonds is 10. The van der Waals surface area contributed by atoms with Crippen LogP contribution in [-0.4, -0.2) is 50.2 Å². The van der Waals surface area contributed by atoms with Crippen LogP contribution in [0.3, 0.4) is 0 Å². The van der Waals surface area contributed by atoms with Crippen LogP contribution in [0.4, 0.5) is 5.82 Å². The van der Waals surface area contributed by atoms with Crippen LogP contribution in [0.2, 0.25) is 0 Å². The Morgan fingerprint density at radius 1 is 1.19 bits per heavy atom. The summed E-state index contributed by atoms with van der Waals surface area (Å²) < 4.78 is 0. The van der Waals surface area contributed by atoms with Crippen LogP contribution in [0.15, 0.2) is 18.2 Å². The monoisotopic (exact) mass is 292 g/mol. The van der Waals surface area contributed by atoms with Crippen molar-refractivity contribution in [2.45, 2.75) is 33.7 Å². The van der Waals surface area contributed by atoms with Gasteiger partial charge in [0.05, 0.1) is 5.69 Å². The van der Waals surface area contributed by atoms with E-state index in [1.54, 1.807) is 0 Å². The van der Waals surface area contributed by atoms with Gasteiger partial charge in [0.25, 0.3) is 0 Å². The Balaban J connectivity index is 2.73. The summed E-state index contributed by atoms with van der Waals surface area (Å²) in [5.41, 5.74) is 1.12. The molecule has 0 aliphatic heterocycles. The first-order valence-corrected chi connectivity index (χ1v) is 8.09. The van der Waals surface area contributed by atoms with Crippen molar-refractivity contribution in [2.75, 3.05) is 45.2 Å². The molecule has 4 nitrogen and oxygen atoms in total. The third-order valence-corrected chi connectivity index (χ3v) is 3.25. The van der Waals surface area contributed by atoms with Crippen molar-refractivity contribution in [3.63, 3.8) is 0 Å². The number of hydrogen-bond acceptors (Lipinski definition) is 4. The zero-order chi connectivity index (χ0) is 15.7. The minimum atomic E-state index is 0.635. The van der Waals surface area contributed by atoms with Crippen LogP contribution < -0.4 is 10.2 Å². The van der Waals surface area contributed by atoms with E-state index in [0.29, 0.717) is 5.92 Å². The predicted octanol–water partition coefficient (Wildman–Crippen LogP) is 2.61. The second-order valence-corrected chi connectivity index (χ2v) is 6.31. The van der Waals surface area contributed by atoms with Crippen molar-refractivity contribution < 1.29 is 0 Å². The molecule has 1 heterocycles. The van der Waals surface area contributed by atoms with Crippen molar-refractivity contribution >= 4 is 5.82 Å². The van der Waals surface area contributed by atoms with E-state index >= 15 is 0 Å². The van der Waals surface area contributed by atoms with Gasteiger partial charge in [-0.05, 0) is 45.1 Å². The molecule has 0 aliphatic rings. The summed E-state index contributed by atoms with van der Waals surface area (Å²) in [4.78, 5) is 9.44. The van der Waals surface area contributed by atoms with Crippen LogP contribution >= 0.6 is 0 Å². The first-order valence-electron chi connectivity index (χ1n) is 8.09. The molecule has 0 aromatic carbocycles. The maximum atomic E-state index is 4.82. The van der Waals surface area contributed by atoms with Crippen molar-refractivity contribution in [3.8, 4) is 0 Å². The number of nitrogens with one attached hydrogen (secondary N) is 1. The molecule has 0 aliphatic carbocycles. The molecule has 0 saturated heterocycles. The molecule has 0 radical (unpaired) electrons. The molecular formula is C17H32N4. The first kappa shape index (κ1) is 17.9. The SMILES string of the molecule is CCCNCc1cccc(N(CCN(C)C)CC(C)C)n1. The Bertz CT molecular complexity index is 390. The van der Waals surface area contributed by atoms with Gasteiger partial charge in [0.2, 0.25) is 0 Å². The minimum Gasteiger partial charge on any atom is -0.355 e. The maximum absolute atomic E-state index is 4.82. The molecule has 0 bridgehead atoms. The minimum absolute atomic E-state index is 0.635. The van der Waals surface area contributed by atoms with E-state index in [4.69, 9.17) is 4.98 Å². The Morgan fingerprint density at radius 3 is 2.57 bits per heavy atom. The molecule has 1 N–H and O–H groups in total. The van der Waals surface area contributed by atoms with E-state index in [2.05, 4.69) is 68.2 Å². The Labute approximate surface area is 130 Å². The van der Waals surface area contributed by atoms with Gasteiger partial charge >= 0.3 is 0 Å². The molecule has 0 saturated carbocycles. The van der Waals surface area contributed by atoms with Gasteiger partial charge in [0.15, 0.2) is 0 Å². The molecule has 0 spiro atoms. The summed E-state index contributed by atoms with van der Waals surface area (Å²) in [7, 11) is 4.23. The summed E-state index contributed by atoms with van der Waals surface area (Å²) in [6.07, 6.45) is 1.15. The molecule has 0 unspecified atom stereocenters. The fraction of sp³-hybridized carbons (Fsp3) is 0.706. The Morgan fingerprint density at radius 2 is 1.95 bits per heavy atom. The number of pyridine rings is 1. The summed E-state index contributed by atoms with van der Waals surface area (Å²) in [5, 5.41) is 3.42. The van der Waals surface area contributed by atoms with Gasteiger partial charge in [0.1, 0.15) is 5.82 Å². The molecule has 1 rings (SSSR count). The average molecular weight is 292 g/mol. The highest BCUT2D eigenvalue weighted by atomic mass is 15.2. The van der Waals surface area contributed by atoms with Crippen LogP contribution in [0.5, 0.6) is 0 Å². The van der Waals surface area contributed by atoms with Gasteiger partial charge in [-0.15, -0.1) is 0 Å². The molecule has 4 heteroatoms. The van der Waals surface area contributed by atoms with Gasteiger partial charge < -0.3 is 15.1 Å². The van der Waals surface area contributed by atoms with Crippen molar-refractivity contribution in [1.29, 1.82) is 0 Å². The molecule has 1 aromatic rings. The molecule has 0 atom stereocenters. The van der Waals surface area contributed by atoms with Crippen LogP contribution in [0, 0.1) is 5.92 Å². The second-order valence-electron chi connectivity index (χ2n) is 6.31. The van der Waals surface area contributed by atoms with E-state index in [1.165, 1.54) is 0 Å². The molecule has 0 fully saturated rings. The number of nitrogens with zero attached hydrogens (tertiary/aromatic N) is 3. The number of likely N-dealkylation sites (N-methyl/N-ethyl adjacent to an activating group) is 1. The highest BCUT2D eigenvalue weighted by Crippen LogP contribution is 2.13. The van der Waals surface area contributed by atoms with E-state index in [0.717, 1.165) is 50.7 Å². The number of aromatic nitrogens is 1.